The lowest BCUT2D eigenvalue weighted by Crippen LogP contribution is -2.52. The number of hydrogen-bond acceptors (Lipinski definition) is 2. The van der Waals surface area contributed by atoms with E-state index in [1.807, 2.05) is 20.8 Å². The Bertz CT molecular complexity index is 505. The Morgan fingerprint density at radius 1 is 1.19 bits per heavy atom. The maximum Gasteiger partial charge on any atom is 0.329 e. The standard InChI is InChI=1S/C17H25NO3/c1-5-8-17(4,16(20)21)18-15(19)7-6-14-10-12(2)9-13(3)11-14/h9-11H,5-8H2,1-4H3,(H,18,19)(H,20,21). The molecule has 0 fully saturated rings. The molecule has 1 aromatic rings. The monoisotopic (exact) mass is 291 g/mol. The van der Waals surface area contributed by atoms with Crippen molar-refractivity contribution in [2.45, 2.75) is 58.9 Å². The molecular formula is C17H25NO3. The molecule has 4 nitrogen and oxygen atoms in total. The van der Waals surface area contributed by atoms with E-state index in [4.69, 9.17) is 0 Å². The number of amides is 1. The second-order valence-electron chi connectivity index (χ2n) is 5.93. The van der Waals surface area contributed by atoms with Crippen LogP contribution in [-0.2, 0) is 16.0 Å². The molecule has 0 aromatic heterocycles. The highest BCUT2D eigenvalue weighted by Gasteiger charge is 2.33. The largest absolute Gasteiger partial charge is 0.480 e. The Labute approximate surface area is 126 Å². The van der Waals surface area contributed by atoms with Gasteiger partial charge in [-0.2, -0.15) is 0 Å². The van der Waals surface area contributed by atoms with Crippen molar-refractivity contribution in [3.63, 3.8) is 0 Å². The molecule has 0 aliphatic heterocycles. The Hall–Kier alpha value is -1.84. The number of aryl methyl sites for hydroxylation is 3. The molecule has 0 aliphatic rings. The van der Waals surface area contributed by atoms with Crippen molar-refractivity contribution in [1.82, 2.24) is 5.32 Å². The molecule has 0 saturated carbocycles. The summed E-state index contributed by atoms with van der Waals surface area (Å²) < 4.78 is 0. The normalized spacial score (nSPS) is 13.5. The van der Waals surface area contributed by atoms with E-state index >= 15 is 0 Å². The highest BCUT2D eigenvalue weighted by Crippen LogP contribution is 2.14. The average Bonchev–Trinajstić information content (AvgIpc) is 2.35. The van der Waals surface area contributed by atoms with E-state index in [-0.39, 0.29) is 5.91 Å². The second-order valence-corrected chi connectivity index (χ2v) is 5.93. The lowest BCUT2D eigenvalue weighted by molar-refractivity contribution is -0.147. The summed E-state index contributed by atoms with van der Waals surface area (Å²) in [5, 5.41) is 11.9. The molecule has 0 aliphatic carbocycles. The molecule has 0 heterocycles. The molecule has 21 heavy (non-hydrogen) atoms. The summed E-state index contributed by atoms with van der Waals surface area (Å²) in [6, 6.07) is 6.21. The number of aliphatic carboxylic acids is 1. The van der Waals surface area contributed by atoms with Gasteiger partial charge < -0.3 is 10.4 Å². The van der Waals surface area contributed by atoms with Crippen LogP contribution in [0.25, 0.3) is 0 Å². The van der Waals surface area contributed by atoms with Crippen molar-refractivity contribution >= 4 is 11.9 Å². The van der Waals surface area contributed by atoms with Crippen LogP contribution in [0, 0.1) is 13.8 Å². The lowest BCUT2D eigenvalue weighted by Gasteiger charge is -2.25. The van der Waals surface area contributed by atoms with Crippen LogP contribution < -0.4 is 5.32 Å². The molecule has 0 bridgehead atoms. The number of nitrogens with one attached hydrogen (secondary N) is 1. The summed E-state index contributed by atoms with van der Waals surface area (Å²) >= 11 is 0. The fourth-order valence-corrected chi connectivity index (χ4v) is 2.56. The van der Waals surface area contributed by atoms with Crippen LogP contribution >= 0.6 is 0 Å². The maximum absolute atomic E-state index is 12.0. The number of carboxylic acids is 1. The Morgan fingerprint density at radius 3 is 2.24 bits per heavy atom. The van der Waals surface area contributed by atoms with Crippen molar-refractivity contribution in [2.75, 3.05) is 0 Å². The molecule has 0 radical (unpaired) electrons. The van der Waals surface area contributed by atoms with Gasteiger partial charge in [-0.25, -0.2) is 4.79 Å². The first-order valence-electron chi connectivity index (χ1n) is 7.38. The first kappa shape index (κ1) is 17.2. The van der Waals surface area contributed by atoms with E-state index in [1.165, 1.54) is 11.1 Å². The van der Waals surface area contributed by atoms with Crippen LogP contribution in [-0.4, -0.2) is 22.5 Å². The van der Waals surface area contributed by atoms with Gasteiger partial charge in [0.1, 0.15) is 5.54 Å². The van der Waals surface area contributed by atoms with Gasteiger partial charge in [-0.15, -0.1) is 0 Å². The van der Waals surface area contributed by atoms with Gasteiger partial charge in [-0.3, -0.25) is 4.79 Å². The topological polar surface area (TPSA) is 66.4 Å². The minimum atomic E-state index is -1.17. The van der Waals surface area contributed by atoms with Gasteiger partial charge >= 0.3 is 5.97 Å². The van der Waals surface area contributed by atoms with E-state index in [0.717, 1.165) is 5.56 Å². The molecule has 4 heteroatoms. The van der Waals surface area contributed by atoms with Crippen molar-refractivity contribution in [2.24, 2.45) is 0 Å². The quantitative estimate of drug-likeness (QED) is 0.811. The van der Waals surface area contributed by atoms with Crippen molar-refractivity contribution in [3.05, 3.63) is 34.9 Å². The minimum absolute atomic E-state index is 0.215. The van der Waals surface area contributed by atoms with E-state index in [1.54, 1.807) is 6.92 Å². The van der Waals surface area contributed by atoms with Crippen molar-refractivity contribution < 1.29 is 14.7 Å². The molecule has 0 saturated heterocycles. The molecule has 2 N–H and O–H groups in total. The van der Waals surface area contributed by atoms with Crippen LogP contribution in [0.5, 0.6) is 0 Å². The highest BCUT2D eigenvalue weighted by molar-refractivity contribution is 5.86. The molecule has 1 rings (SSSR count). The summed E-state index contributed by atoms with van der Waals surface area (Å²) in [4.78, 5) is 23.3. The Balaban J connectivity index is 2.63. The molecule has 1 aromatic carbocycles. The van der Waals surface area contributed by atoms with Crippen LogP contribution in [0.15, 0.2) is 18.2 Å². The maximum atomic E-state index is 12.0. The summed E-state index contributed by atoms with van der Waals surface area (Å²) in [5.74, 6) is -1.20. The van der Waals surface area contributed by atoms with Gasteiger partial charge in [0.15, 0.2) is 0 Å². The van der Waals surface area contributed by atoms with Crippen molar-refractivity contribution in [3.8, 4) is 0 Å². The first-order chi connectivity index (χ1) is 9.76. The predicted octanol–water partition coefficient (Wildman–Crippen LogP) is 3.00. The van der Waals surface area contributed by atoms with Crippen LogP contribution in [0.2, 0.25) is 0 Å². The highest BCUT2D eigenvalue weighted by atomic mass is 16.4. The van der Waals surface area contributed by atoms with Gasteiger partial charge in [0, 0.05) is 6.42 Å². The Kier molecular flexibility index (Phi) is 5.94. The zero-order valence-corrected chi connectivity index (χ0v) is 13.3. The van der Waals surface area contributed by atoms with E-state index < -0.39 is 11.5 Å². The zero-order valence-electron chi connectivity index (χ0n) is 13.3. The van der Waals surface area contributed by atoms with Gasteiger partial charge in [0.2, 0.25) is 5.91 Å². The number of benzene rings is 1. The molecule has 116 valence electrons. The number of rotatable bonds is 7. The number of carbonyl (C=O) groups is 2. The van der Waals surface area contributed by atoms with E-state index in [2.05, 4.69) is 23.5 Å². The molecule has 1 unspecified atom stereocenters. The zero-order chi connectivity index (χ0) is 16.0. The van der Waals surface area contributed by atoms with E-state index in [0.29, 0.717) is 25.7 Å². The van der Waals surface area contributed by atoms with Crippen LogP contribution in [0.4, 0.5) is 0 Å². The molecule has 0 spiro atoms. The summed E-state index contributed by atoms with van der Waals surface area (Å²) in [5.41, 5.74) is 2.28. The minimum Gasteiger partial charge on any atom is -0.480 e. The number of carbonyl (C=O) groups excluding carboxylic acids is 1. The fraction of sp³-hybridized carbons (Fsp3) is 0.529. The van der Waals surface area contributed by atoms with Crippen LogP contribution in [0.1, 0.15) is 49.8 Å². The summed E-state index contributed by atoms with van der Waals surface area (Å²) in [6.07, 6.45) is 2.06. The third kappa shape index (κ3) is 5.21. The van der Waals surface area contributed by atoms with Gasteiger partial charge in [0.25, 0.3) is 0 Å². The molecule has 1 amide bonds. The SMILES string of the molecule is CCCC(C)(NC(=O)CCc1cc(C)cc(C)c1)C(=O)O. The third-order valence-electron chi connectivity index (χ3n) is 3.56. The molecule has 1 atom stereocenters. The predicted molar refractivity (Wildman–Crippen MR) is 83.3 cm³/mol. The Morgan fingerprint density at radius 2 is 1.76 bits per heavy atom. The van der Waals surface area contributed by atoms with Gasteiger partial charge in [-0.05, 0) is 39.2 Å². The van der Waals surface area contributed by atoms with E-state index in [9.17, 15) is 14.7 Å². The lowest BCUT2D eigenvalue weighted by atomic mass is 9.95. The van der Waals surface area contributed by atoms with Gasteiger partial charge in [0.05, 0.1) is 0 Å². The fourth-order valence-electron chi connectivity index (χ4n) is 2.56. The second kappa shape index (κ2) is 7.25. The summed E-state index contributed by atoms with van der Waals surface area (Å²) in [7, 11) is 0. The van der Waals surface area contributed by atoms with Crippen LogP contribution in [0.3, 0.4) is 0 Å². The number of carboxylic acid groups (broad SMARTS) is 1. The smallest absolute Gasteiger partial charge is 0.329 e. The number of hydrogen-bond donors (Lipinski definition) is 2. The molecular weight excluding hydrogens is 266 g/mol. The summed E-state index contributed by atoms with van der Waals surface area (Å²) in [6.45, 7) is 7.52. The third-order valence-corrected chi connectivity index (χ3v) is 3.56. The van der Waals surface area contributed by atoms with Crippen molar-refractivity contribution in [1.29, 1.82) is 0 Å². The average molecular weight is 291 g/mol. The first-order valence-corrected chi connectivity index (χ1v) is 7.38. The van der Waals surface area contributed by atoms with Gasteiger partial charge in [-0.1, -0.05) is 42.7 Å².